The van der Waals surface area contributed by atoms with Gasteiger partial charge in [-0.1, -0.05) is 0 Å². The summed E-state index contributed by atoms with van der Waals surface area (Å²) in [5.74, 6) is 0. The molecular formula is C9H14N2O4. The van der Waals surface area contributed by atoms with E-state index in [4.69, 9.17) is 9.84 Å². The average Bonchev–Trinajstić information content (AvgIpc) is 2.82. The van der Waals surface area contributed by atoms with Crippen LogP contribution in [-0.2, 0) is 11.3 Å². The van der Waals surface area contributed by atoms with Crippen LogP contribution in [-0.4, -0.2) is 55.9 Å². The summed E-state index contributed by atoms with van der Waals surface area (Å²) < 4.78 is 7.06. The lowest BCUT2D eigenvalue weighted by atomic mass is 10.1. The predicted molar refractivity (Wildman–Crippen MR) is 50.0 cm³/mol. The van der Waals surface area contributed by atoms with Crippen molar-refractivity contribution in [3.8, 4) is 0 Å². The van der Waals surface area contributed by atoms with Crippen molar-refractivity contribution in [2.24, 2.45) is 0 Å². The molecule has 0 bridgehead atoms. The maximum absolute atomic E-state index is 9.64. The molecule has 1 aromatic heterocycles. The highest BCUT2D eigenvalue weighted by molar-refractivity contribution is 4.91. The summed E-state index contributed by atoms with van der Waals surface area (Å²) in [6, 6.07) is 0. The number of aliphatic hydroxyl groups is 3. The van der Waals surface area contributed by atoms with Crippen LogP contribution in [0.25, 0.3) is 0 Å². The monoisotopic (exact) mass is 214 g/mol. The van der Waals surface area contributed by atoms with Crippen molar-refractivity contribution < 1.29 is 20.1 Å². The predicted octanol–water partition coefficient (Wildman–Crippen LogP) is -1.64. The highest BCUT2D eigenvalue weighted by Gasteiger charge is 2.42. The van der Waals surface area contributed by atoms with E-state index in [2.05, 4.69) is 4.98 Å². The smallest absolute Gasteiger partial charge is 0.111 e. The second kappa shape index (κ2) is 4.28. The summed E-state index contributed by atoms with van der Waals surface area (Å²) in [5, 5.41) is 28.0. The van der Waals surface area contributed by atoms with E-state index in [0.717, 1.165) is 0 Å². The Morgan fingerprint density at radius 1 is 1.27 bits per heavy atom. The molecule has 1 aliphatic rings. The largest absolute Gasteiger partial charge is 0.394 e. The Morgan fingerprint density at radius 2 is 2.00 bits per heavy atom. The normalized spacial score (nSPS) is 35.9. The van der Waals surface area contributed by atoms with Gasteiger partial charge in [-0.2, -0.15) is 0 Å². The Hall–Kier alpha value is -0.950. The molecule has 0 radical (unpaired) electrons. The third-order valence-electron chi connectivity index (χ3n) is 2.59. The van der Waals surface area contributed by atoms with Crippen molar-refractivity contribution >= 4 is 0 Å². The van der Waals surface area contributed by atoms with E-state index < -0.39 is 24.4 Å². The maximum Gasteiger partial charge on any atom is 0.111 e. The fourth-order valence-corrected chi connectivity index (χ4v) is 1.73. The summed E-state index contributed by atoms with van der Waals surface area (Å²) in [5.41, 5.74) is 0. The molecule has 1 fully saturated rings. The van der Waals surface area contributed by atoms with Gasteiger partial charge in [-0.05, 0) is 0 Å². The molecule has 1 unspecified atom stereocenters. The van der Waals surface area contributed by atoms with Gasteiger partial charge in [-0.3, -0.25) is 0 Å². The summed E-state index contributed by atoms with van der Waals surface area (Å²) >= 11 is 0. The summed E-state index contributed by atoms with van der Waals surface area (Å²) in [6.07, 6.45) is 1.78. The summed E-state index contributed by atoms with van der Waals surface area (Å²) in [6.45, 7) is 0.118. The Labute approximate surface area is 86.8 Å². The minimum absolute atomic E-state index is 0.293. The first-order valence-corrected chi connectivity index (χ1v) is 4.80. The van der Waals surface area contributed by atoms with E-state index in [1.54, 1.807) is 23.3 Å². The number of nitrogens with zero attached hydrogens (tertiary/aromatic N) is 2. The van der Waals surface area contributed by atoms with E-state index in [9.17, 15) is 10.2 Å². The van der Waals surface area contributed by atoms with E-state index in [0.29, 0.717) is 6.54 Å². The van der Waals surface area contributed by atoms with Gasteiger partial charge in [0.2, 0.25) is 0 Å². The summed E-state index contributed by atoms with van der Waals surface area (Å²) in [4.78, 5) is 3.86. The molecule has 2 heterocycles. The second-order valence-electron chi connectivity index (χ2n) is 3.64. The third kappa shape index (κ3) is 2.03. The molecular weight excluding hydrogens is 200 g/mol. The number of imidazole rings is 1. The van der Waals surface area contributed by atoms with Gasteiger partial charge >= 0.3 is 0 Å². The fourth-order valence-electron chi connectivity index (χ4n) is 1.73. The van der Waals surface area contributed by atoms with Crippen LogP contribution in [0.3, 0.4) is 0 Å². The number of hydrogen-bond donors (Lipinski definition) is 3. The van der Waals surface area contributed by atoms with Crippen LogP contribution in [0.15, 0.2) is 18.7 Å². The first kappa shape index (κ1) is 10.6. The standard InChI is InChI=1S/C9H14N2O4/c12-4-7-9(14)8(13)6(15-7)3-11-2-1-10-5-11/h1-2,5-9,12-14H,3-4H2/t6?,7-,8+,9-/m1/s1. The Bertz CT molecular complexity index is 303. The molecule has 84 valence electrons. The van der Waals surface area contributed by atoms with Gasteiger partial charge in [-0.15, -0.1) is 0 Å². The van der Waals surface area contributed by atoms with Gasteiger partial charge in [-0.25, -0.2) is 4.98 Å². The van der Waals surface area contributed by atoms with Gasteiger partial charge < -0.3 is 24.6 Å². The van der Waals surface area contributed by atoms with Crippen LogP contribution in [0, 0.1) is 0 Å². The molecule has 0 spiro atoms. The average molecular weight is 214 g/mol. The number of hydrogen-bond acceptors (Lipinski definition) is 5. The maximum atomic E-state index is 9.64. The topological polar surface area (TPSA) is 87.7 Å². The first-order valence-electron chi connectivity index (χ1n) is 4.80. The molecule has 0 aromatic carbocycles. The van der Waals surface area contributed by atoms with Crippen LogP contribution in [0.5, 0.6) is 0 Å². The SMILES string of the molecule is OC[C@H]1OC(Cn2ccnc2)[C@H](O)[C@@H]1O. The van der Waals surface area contributed by atoms with Gasteiger partial charge in [0.15, 0.2) is 0 Å². The number of ether oxygens (including phenoxy) is 1. The van der Waals surface area contributed by atoms with Crippen LogP contribution >= 0.6 is 0 Å². The molecule has 0 amide bonds. The number of rotatable bonds is 3. The molecule has 15 heavy (non-hydrogen) atoms. The molecule has 0 saturated carbocycles. The molecule has 1 saturated heterocycles. The van der Waals surface area contributed by atoms with Gasteiger partial charge in [0.25, 0.3) is 0 Å². The third-order valence-corrected chi connectivity index (χ3v) is 2.59. The van der Waals surface area contributed by atoms with E-state index >= 15 is 0 Å². The van der Waals surface area contributed by atoms with E-state index in [1.165, 1.54) is 0 Å². The van der Waals surface area contributed by atoms with Crippen molar-refractivity contribution in [1.29, 1.82) is 0 Å². The van der Waals surface area contributed by atoms with Crippen LogP contribution in [0.2, 0.25) is 0 Å². The minimum Gasteiger partial charge on any atom is -0.394 e. The summed E-state index contributed by atoms with van der Waals surface area (Å²) in [7, 11) is 0. The van der Waals surface area contributed by atoms with E-state index in [-0.39, 0.29) is 6.61 Å². The first-order chi connectivity index (χ1) is 7.22. The zero-order valence-corrected chi connectivity index (χ0v) is 8.10. The molecule has 4 atom stereocenters. The molecule has 3 N–H and O–H groups in total. The van der Waals surface area contributed by atoms with Gasteiger partial charge in [0.05, 0.1) is 19.5 Å². The molecule has 6 nitrogen and oxygen atoms in total. The Kier molecular flexibility index (Phi) is 3.01. The van der Waals surface area contributed by atoms with Crippen molar-refractivity contribution in [2.45, 2.75) is 31.0 Å². The zero-order valence-electron chi connectivity index (χ0n) is 8.10. The van der Waals surface area contributed by atoms with E-state index in [1.807, 2.05) is 0 Å². The van der Waals surface area contributed by atoms with Crippen molar-refractivity contribution in [3.63, 3.8) is 0 Å². The highest BCUT2D eigenvalue weighted by Crippen LogP contribution is 2.22. The van der Waals surface area contributed by atoms with Crippen molar-refractivity contribution in [1.82, 2.24) is 9.55 Å². The van der Waals surface area contributed by atoms with Crippen molar-refractivity contribution in [2.75, 3.05) is 6.61 Å². The Balaban J connectivity index is 1.99. The van der Waals surface area contributed by atoms with Gasteiger partial charge in [0.1, 0.15) is 24.4 Å². The zero-order chi connectivity index (χ0) is 10.8. The highest BCUT2D eigenvalue weighted by atomic mass is 16.6. The van der Waals surface area contributed by atoms with Crippen LogP contribution < -0.4 is 0 Å². The molecule has 0 aliphatic carbocycles. The second-order valence-corrected chi connectivity index (χ2v) is 3.64. The minimum atomic E-state index is -1.02. The molecule has 1 aromatic rings. The lowest BCUT2D eigenvalue weighted by Crippen LogP contribution is -2.35. The van der Waals surface area contributed by atoms with Gasteiger partial charge in [0, 0.05) is 12.4 Å². The Morgan fingerprint density at radius 3 is 2.53 bits per heavy atom. The molecule has 2 rings (SSSR count). The fraction of sp³-hybridized carbons (Fsp3) is 0.667. The molecule has 1 aliphatic heterocycles. The number of aromatic nitrogens is 2. The van der Waals surface area contributed by atoms with Crippen molar-refractivity contribution in [3.05, 3.63) is 18.7 Å². The lowest BCUT2D eigenvalue weighted by molar-refractivity contribution is -0.0265. The molecule has 6 heteroatoms. The quantitative estimate of drug-likeness (QED) is 0.562. The van der Waals surface area contributed by atoms with Crippen LogP contribution in [0.1, 0.15) is 0 Å². The number of aliphatic hydroxyl groups excluding tert-OH is 3. The lowest BCUT2D eigenvalue weighted by Gasteiger charge is -2.14. The van der Waals surface area contributed by atoms with Crippen LogP contribution in [0.4, 0.5) is 0 Å².